The highest BCUT2D eigenvalue weighted by Gasteiger charge is 2.59. The van der Waals surface area contributed by atoms with Gasteiger partial charge in [0.1, 0.15) is 5.69 Å². The van der Waals surface area contributed by atoms with Crippen LogP contribution in [0.5, 0.6) is 0 Å². The van der Waals surface area contributed by atoms with Crippen LogP contribution in [0.3, 0.4) is 0 Å². The van der Waals surface area contributed by atoms with Gasteiger partial charge in [-0.3, -0.25) is 19.1 Å². The second-order valence-corrected chi connectivity index (χ2v) is 13.0. The molecule has 4 aliphatic carbocycles. The predicted molar refractivity (Wildman–Crippen MR) is 148 cm³/mol. The summed E-state index contributed by atoms with van der Waals surface area (Å²) < 4.78 is 3.35. The third kappa shape index (κ3) is 4.15. The highest BCUT2D eigenvalue weighted by molar-refractivity contribution is 9.10. The minimum atomic E-state index is -0.392. The molecule has 7 rings (SSSR count). The number of hydrogen-bond donors (Lipinski definition) is 2. The predicted octanol–water partition coefficient (Wildman–Crippen LogP) is 5.41. The Balaban J connectivity index is 1.21. The normalized spacial score (nSPS) is 27.8. The number of hydrogen-bond acceptors (Lipinski definition) is 3. The Morgan fingerprint density at radius 3 is 2.35 bits per heavy atom. The van der Waals surface area contributed by atoms with Gasteiger partial charge in [-0.25, -0.2) is 4.68 Å². The largest absolute Gasteiger partial charge is 0.326 e. The molecule has 4 bridgehead atoms. The van der Waals surface area contributed by atoms with E-state index < -0.39 is 5.91 Å². The van der Waals surface area contributed by atoms with E-state index in [9.17, 15) is 14.4 Å². The van der Waals surface area contributed by atoms with Gasteiger partial charge in [-0.1, -0.05) is 40.2 Å². The number of carbonyl (C=O) groups is 2. The molecule has 2 unspecified atom stereocenters. The topological polar surface area (TPSA) is 85.1 Å². The van der Waals surface area contributed by atoms with Crippen molar-refractivity contribution < 1.29 is 9.59 Å². The summed E-state index contributed by atoms with van der Waals surface area (Å²) in [5.74, 6) is 0.888. The van der Waals surface area contributed by atoms with Gasteiger partial charge < -0.3 is 10.6 Å². The number of para-hydroxylation sites is 1. The number of anilines is 2. The van der Waals surface area contributed by atoms with Gasteiger partial charge in [-0.05, 0) is 87.6 Å². The Hall–Kier alpha value is -3.13. The Morgan fingerprint density at radius 2 is 1.68 bits per heavy atom. The molecule has 0 aliphatic heterocycles. The maximum atomic E-state index is 13.6. The number of amides is 2. The zero-order valence-corrected chi connectivity index (χ0v) is 22.7. The minimum absolute atomic E-state index is 0.0626. The zero-order chi connectivity index (χ0) is 25.9. The number of aromatic nitrogens is 2. The first-order valence-electron chi connectivity index (χ1n) is 12.9. The third-order valence-electron chi connectivity index (χ3n) is 8.65. The molecule has 7 nitrogen and oxygen atoms in total. The number of rotatable bonds is 5. The summed E-state index contributed by atoms with van der Waals surface area (Å²) in [4.78, 5) is 39.9. The van der Waals surface area contributed by atoms with Crippen LogP contribution >= 0.6 is 15.9 Å². The number of halogens is 1. The van der Waals surface area contributed by atoms with E-state index in [1.807, 2.05) is 36.4 Å². The van der Waals surface area contributed by atoms with Crippen molar-refractivity contribution in [3.63, 3.8) is 0 Å². The molecule has 37 heavy (non-hydrogen) atoms. The fourth-order valence-electron chi connectivity index (χ4n) is 7.32. The maximum absolute atomic E-state index is 13.6. The fourth-order valence-corrected chi connectivity index (χ4v) is 8.77. The van der Waals surface area contributed by atoms with Crippen LogP contribution in [0.15, 0.2) is 59.4 Å². The Labute approximate surface area is 224 Å². The molecule has 0 radical (unpaired) electrons. The second kappa shape index (κ2) is 8.72. The van der Waals surface area contributed by atoms with Gasteiger partial charge in [-0.15, -0.1) is 0 Å². The van der Waals surface area contributed by atoms with Crippen molar-refractivity contribution in [3.8, 4) is 5.69 Å². The molecule has 4 saturated carbocycles. The molecule has 2 amide bonds. The quantitative estimate of drug-likeness (QED) is 0.408. The van der Waals surface area contributed by atoms with E-state index in [-0.39, 0.29) is 26.9 Å². The van der Waals surface area contributed by atoms with E-state index in [2.05, 4.69) is 26.6 Å². The molecule has 4 aliphatic rings. The summed E-state index contributed by atoms with van der Waals surface area (Å²) >= 11 is 3.98. The number of carbonyl (C=O) groups excluding carboxylic acids is 2. The fraction of sp³-hybridized carbons (Fsp3) is 0.414. The summed E-state index contributed by atoms with van der Waals surface area (Å²) in [7, 11) is 1.79. The van der Waals surface area contributed by atoms with Crippen LogP contribution in [0.25, 0.3) is 5.69 Å². The Kier molecular flexibility index (Phi) is 5.71. The molecular formula is C29H31BrN4O3. The van der Waals surface area contributed by atoms with Crippen LogP contribution in [0.1, 0.15) is 54.6 Å². The number of benzene rings is 2. The minimum Gasteiger partial charge on any atom is -0.326 e. The van der Waals surface area contributed by atoms with Crippen LogP contribution in [0.2, 0.25) is 0 Å². The van der Waals surface area contributed by atoms with Crippen molar-refractivity contribution in [2.24, 2.45) is 24.3 Å². The molecule has 2 aromatic carbocycles. The molecular weight excluding hydrogens is 532 g/mol. The third-order valence-corrected chi connectivity index (χ3v) is 9.57. The first kappa shape index (κ1) is 24.2. The summed E-state index contributed by atoms with van der Waals surface area (Å²) in [6.45, 7) is 1.80. The van der Waals surface area contributed by atoms with Crippen molar-refractivity contribution in [1.29, 1.82) is 0 Å². The molecule has 3 aromatic rings. The first-order valence-corrected chi connectivity index (χ1v) is 13.7. The van der Waals surface area contributed by atoms with Crippen LogP contribution in [-0.4, -0.2) is 25.5 Å². The molecule has 8 heteroatoms. The number of nitrogens with zero attached hydrogens (tertiary/aromatic N) is 2. The Bertz CT molecular complexity index is 1440. The highest BCUT2D eigenvalue weighted by atomic mass is 79.9. The lowest BCUT2D eigenvalue weighted by atomic mass is 9.49. The molecule has 0 saturated heterocycles. The van der Waals surface area contributed by atoms with Gasteiger partial charge in [0.05, 0.1) is 16.8 Å². The molecule has 2 atom stereocenters. The number of alkyl halides is 1. The lowest BCUT2D eigenvalue weighted by Gasteiger charge is -2.59. The van der Waals surface area contributed by atoms with E-state index in [1.54, 1.807) is 36.9 Å². The lowest BCUT2D eigenvalue weighted by Crippen LogP contribution is -2.57. The molecule has 1 aromatic heterocycles. The molecule has 4 fully saturated rings. The molecule has 2 N–H and O–H groups in total. The van der Waals surface area contributed by atoms with E-state index in [4.69, 9.17) is 0 Å². The summed E-state index contributed by atoms with van der Waals surface area (Å²) in [6.07, 6.45) is 6.34. The average Bonchev–Trinajstić information content (AvgIpc) is 3.06. The van der Waals surface area contributed by atoms with Crippen molar-refractivity contribution in [3.05, 3.63) is 76.2 Å². The van der Waals surface area contributed by atoms with Crippen molar-refractivity contribution in [2.75, 3.05) is 10.6 Å². The summed E-state index contributed by atoms with van der Waals surface area (Å²) in [5, 5.41) is 5.93. The second-order valence-electron chi connectivity index (χ2n) is 11.3. The van der Waals surface area contributed by atoms with E-state index >= 15 is 0 Å². The Morgan fingerprint density at radius 1 is 0.973 bits per heavy atom. The lowest BCUT2D eigenvalue weighted by molar-refractivity contribution is -0.138. The monoisotopic (exact) mass is 562 g/mol. The molecule has 192 valence electrons. The average molecular weight is 563 g/mol. The van der Waals surface area contributed by atoms with Gasteiger partial charge in [0.15, 0.2) is 0 Å². The smallest absolute Gasteiger partial charge is 0.295 e. The maximum Gasteiger partial charge on any atom is 0.295 e. The van der Waals surface area contributed by atoms with Gasteiger partial charge in [0, 0.05) is 22.6 Å². The first-order chi connectivity index (χ1) is 17.7. The summed E-state index contributed by atoms with van der Waals surface area (Å²) in [5.41, 5.74) is 1.96. The molecule has 0 spiro atoms. The van der Waals surface area contributed by atoms with Crippen LogP contribution in [-0.2, 0) is 11.8 Å². The van der Waals surface area contributed by atoms with Gasteiger partial charge in [0.25, 0.3) is 11.5 Å². The van der Waals surface area contributed by atoms with Crippen molar-refractivity contribution in [2.45, 2.75) is 49.8 Å². The van der Waals surface area contributed by atoms with Gasteiger partial charge in [0.2, 0.25) is 5.91 Å². The zero-order valence-electron chi connectivity index (χ0n) is 21.1. The van der Waals surface area contributed by atoms with Crippen LogP contribution < -0.4 is 16.2 Å². The van der Waals surface area contributed by atoms with E-state index in [1.165, 1.54) is 23.9 Å². The molecule has 1 heterocycles. The highest BCUT2D eigenvalue weighted by Crippen LogP contribution is 2.64. The van der Waals surface area contributed by atoms with Crippen LogP contribution in [0, 0.1) is 24.2 Å². The SMILES string of the molecule is Cc1c(NC(=O)c2cccc(NC(=O)C34CC5CC(CC(Br)(C5)C3)C4)c2)c(=O)n(-c2ccccc2)n1C. The van der Waals surface area contributed by atoms with Crippen LogP contribution in [0.4, 0.5) is 11.4 Å². The standard InChI is InChI=1S/C29H31BrN4O3/c1-18-24(26(36)34(33(18)2)23-9-4-3-5-10-23)32-25(35)21-7-6-8-22(12-21)31-27(37)28-13-19-11-20(14-28)16-29(30,15-19)17-28/h3-10,12,19-20H,11,13-17H2,1-2H3,(H,31,37)(H,32,35). The van der Waals surface area contributed by atoms with E-state index in [0.29, 0.717) is 28.8 Å². The number of nitrogens with one attached hydrogen (secondary N) is 2. The van der Waals surface area contributed by atoms with Gasteiger partial charge >= 0.3 is 0 Å². The van der Waals surface area contributed by atoms with Crippen molar-refractivity contribution in [1.82, 2.24) is 9.36 Å². The summed E-state index contributed by atoms with van der Waals surface area (Å²) in [6, 6.07) is 16.3. The van der Waals surface area contributed by atoms with Gasteiger partial charge in [-0.2, -0.15) is 0 Å². The van der Waals surface area contributed by atoms with E-state index in [0.717, 1.165) is 24.9 Å². The van der Waals surface area contributed by atoms with Crippen molar-refractivity contribution >= 4 is 39.1 Å².